The van der Waals surface area contributed by atoms with Gasteiger partial charge in [0.25, 0.3) is 0 Å². The minimum Gasteiger partial charge on any atom is -0.445 e. The molecule has 0 unspecified atom stereocenters. The molecular formula is C12H15NO3. The van der Waals surface area contributed by atoms with E-state index >= 15 is 0 Å². The van der Waals surface area contributed by atoms with E-state index in [0.29, 0.717) is 13.1 Å². The topological polar surface area (TPSA) is 49.8 Å². The fourth-order valence-electron chi connectivity index (χ4n) is 1.72. The monoisotopic (exact) mass is 221 g/mol. The molecule has 0 atom stereocenters. The average Bonchev–Trinajstić information content (AvgIpc) is 2.24. The number of carbonyl (C=O) groups excluding carboxylic acids is 1. The van der Waals surface area contributed by atoms with Crippen LogP contribution in [0.1, 0.15) is 12.5 Å². The van der Waals surface area contributed by atoms with Crippen molar-refractivity contribution in [2.45, 2.75) is 19.1 Å². The summed E-state index contributed by atoms with van der Waals surface area (Å²) in [5.74, 6) is 0. The van der Waals surface area contributed by atoms with Crippen LogP contribution in [0.25, 0.3) is 0 Å². The number of ether oxygens (including phenoxy) is 1. The van der Waals surface area contributed by atoms with E-state index in [2.05, 4.69) is 0 Å². The molecule has 0 bridgehead atoms. The van der Waals surface area contributed by atoms with Gasteiger partial charge in [0.2, 0.25) is 0 Å². The van der Waals surface area contributed by atoms with E-state index < -0.39 is 5.60 Å². The number of β-amino-alcohol motifs (C(OH)–C–C–N with tert-alkyl or cyclic N) is 1. The van der Waals surface area contributed by atoms with E-state index in [9.17, 15) is 9.90 Å². The van der Waals surface area contributed by atoms with Crippen molar-refractivity contribution in [3.63, 3.8) is 0 Å². The molecule has 1 saturated heterocycles. The van der Waals surface area contributed by atoms with Gasteiger partial charge >= 0.3 is 6.09 Å². The van der Waals surface area contributed by atoms with Gasteiger partial charge in [-0.1, -0.05) is 30.3 Å². The summed E-state index contributed by atoms with van der Waals surface area (Å²) in [7, 11) is 0. The normalized spacial score (nSPS) is 17.8. The Balaban J connectivity index is 1.77. The van der Waals surface area contributed by atoms with E-state index in [0.717, 1.165) is 5.56 Å². The predicted molar refractivity (Wildman–Crippen MR) is 58.8 cm³/mol. The lowest BCUT2D eigenvalue weighted by atomic mass is 9.98. The highest BCUT2D eigenvalue weighted by Crippen LogP contribution is 2.20. The van der Waals surface area contributed by atoms with Crippen molar-refractivity contribution in [3.8, 4) is 0 Å². The van der Waals surface area contributed by atoms with Gasteiger partial charge in [0.1, 0.15) is 6.61 Å². The molecule has 1 aromatic carbocycles. The maximum absolute atomic E-state index is 11.5. The molecule has 4 nitrogen and oxygen atoms in total. The first-order chi connectivity index (χ1) is 7.57. The molecule has 0 aromatic heterocycles. The number of hydrogen-bond acceptors (Lipinski definition) is 3. The molecule has 1 aliphatic rings. The molecule has 1 fully saturated rings. The first kappa shape index (κ1) is 11.0. The summed E-state index contributed by atoms with van der Waals surface area (Å²) in [5, 5.41) is 9.47. The van der Waals surface area contributed by atoms with E-state index in [4.69, 9.17) is 4.74 Å². The predicted octanol–water partition coefficient (Wildman–Crippen LogP) is 1.39. The fraction of sp³-hybridized carbons (Fsp3) is 0.417. The molecule has 16 heavy (non-hydrogen) atoms. The van der Waals surface area contributed by atoms with E-state index in [1.807, 2.05) is 30.3 Å². The number of likely N-dealkylation sites (tertiary alicyclic amines) is 1. The molecule has 1 aromatic rings. The van der Waals surface area contributed by atoms with Crippen LogP contribution in [0.15, 0.2) is 30.3 Å². The maximum atomic E-state index is 11.5. The summed E-state index contributed by atoms with van der Waals surface area (Å²) in [6.07, 6.45) is -0.365. The van der Waals surface area contributed by atoms with Gasteiger partial charge in [-0.05, 0) is 12.5 Å². The second-order valence-electron chi connectivity index (χ2n) is 4.39. The van der Waals surface area contributed by atoms with Crippen LogP contribution in [0.3, 0.4) is 0 Å². The summed E-state index contributed by atoms with van der Waals surface area (Å²) in [6.45, 7) is 2.67. The molecule has 0 aliphatic carbocycles. The van der Waals surface area contributed by atoms with Crippen LogP contribution in [0, 0.1) is 0 Å². The van der Waals surface area contributed by atoms with Crippen LogP contribution in [-0.4, -0.2) is 34.8 Å². The zero-order valence-corrected chi connectivity index (χ0v) is 9.22. The summed E-state index contributed by atoms with van der Waals surface area (Å²) < 4.78 is 5.10. The highest BCUT2D eigenvalue weighted by Gasteiger charge is 2.40. The Hall–Kier alpha value is -1.55. The molecule has 2 rings (SSSR count). The molecule has 0 spiro atoms. The molecule has 0 radical (unpaired) electrons. The van der Waals surface area contributed by atoms with Crippen molar-refractivity contribution < 1.29 is 14.6 Å². The highest BCUT2D eigenvalue weighted by atomic mass is 16.6. The van der Waals surface area contributed by atoms with Gasteiger partial charge in [-0.25, -0.2) is 4.79 Å². The third-order valence-corrected chi connectivity index (χ3v) is 2.53. The second kappa shape index (κ2) is 4.14. The van der Waals surface area contributed by atoms with Crippen LogP contribution in [0.2, 0.25) is 0 Å². The lowest BCUT2D eigenvalue weighted by Crippen LogP contribution is -2.61. The van der Waals surface area contributed by atoms with E-state index in [-0.39, 0.29) is 12.7 Å². The van der Waals surface area contributed by atoms with Gasteiger partial charge < -0.3 is 14.7 Å². The lowest BCUT2D eigenvalue weighted by Gasteiger charge is -2.43. The van der Waals surface area contributed by atoms with Crippen molar-refractivity contribution in [2.24, 2.45) is 0 Å². The van der Waals surface area contributed by atoms with Crippen molar-refractivity contribution in [3.05, 3.63) is 35.9 Å². The van der Waals surface area contributed by atoms with Crippen LogP contribution in [0.5, 0.6) is 0 Å². The first-order valence-corrected chi connectivity index (χ1v) is 5.25. The minimum atomic E-state index is -0.744. The number of nitrogens with zero attached hydrogens (tertiary/aromatic N) is 1. The van der Waals surface area contributed by atoms with Crippen molar-refractivity contribution in [1.29, 1.82) is 0 Å². The zero-order chi connectivity index (χ0) is 11.6. The van der Waals surface area contributed by atoms with Gasteiger partial charge in [-0.3, -0.25) is 0 Å². The summed E-state index contributed by atoms with van der Waals surface area (Å²) in [6, 6.07) is 9.52. The molecule has 4 heteroatoms. The van der Waals surface area contributed by atoms with Gasteiger partial charge in [-0.2, -0.15) is 0 Å². The zero-order valence-electron chi connectivity index (χ0n) is 9.22. The second-order valence-corrected chi connectivity index (χ2v) is 4.39. The Bertz CT molecular complexity index is 367. The van der Waals surface area contributed by atoms with Crippen LogP contribution < -0.4 is 0 Å². The number of carbonyl (C=O) groups is 1. The number of aliphatic hydroxyl groups is 1. The number of rotatable bonds is 2. The molecule has 1 amide bonds. The Kier molecular flexibility index (Phi) is 2.83. The Morgan fingerprint density at radius 1 is 1.44 bits per heavy atom. The minimum absolute atomic E-state index is 0.276. The maximum Gasteiger partial charge on any atom is 0.410 e. The summed E-state index contributed by atoms with van der Waals surface area (Å²) >= 11 is 0. The summed E-state index contributed by atoms with van der Waals surface area (Å²) in [4.78, 5) is 13.0. The van der Waals surface area contributed by atoms with E-state index in [1.165, 1.54) is 4.90 Å². The van der Waals surface area contributed by atoms with Crippen LogP contribution in [0.4, 0.5) is 4.79 Å². The molecular weight excluding hydrogens is 206 g/mol. The standard InChI is InChI=1S/C12H15NO3/c1-12(15)8-13(9-12)11(14)16-7-10-5-3-2-4-6-10/h2-6,15H,7-9H2,1H3. The largest absolute Gasteiger partial charge is 0.445 e. The number of hydrogen-bond donors (Lipinski definition) is 1. The average molecular weight is 221 g/mol. The number of benzene rings is 1. The SMILES string of the molecule is CC1(O)CN(C(=O)OCc2ccccc2)C1. The third kappa shape index (κ3) is 2.52. The third-order valence-electron chi connectivity index (χ3n) is 2.53. The smallest absolute Gasteiger partial charge is 0.410 e. The van der Waals surface area contributed by atoms with Gasteiger partial charge in [-0.15, -0.1) is 0 Å². The molecule has 0 saturated carbocycles. The van der Waals surface area contributed by atoms with Crippen molar-refractivity contribution in [1.82, 2.24) is 4.90 Å². The first-order valence-electron chi connectivity index (χ1n) is 5.25. The highest BCUT2D eigenvalue weighted by molar-refractivity contribution is 5.69. The van der Waals surface area contributed by atoms with Crippen molar-refractivity contribution >= 4 is 6.09 Å². The Labute approximate surface area is 94.4 Å². The van der Waals surface area contributed by atoms with Gasteiger partial charge in [0, 0.05) is 0 Å². The van der Waals surface area contributed by atoms with Crippen LogP contribution in [-0.2, 0) is 11.3 Å². The Morgan fingerprint density at radius 2 is 2.06 bits per heavy atom. The molecule has 1 aliphatic heterocycles. The molecule has 1 N–H and O–H groups in total. The fourth-order valence-corrected chi connectivity index (χ4v) is 1.72. The Morgan fingerprint density at radius 3 is 2.62 bits per heavy atom. The quantitative estimate of drug-likeness (QED) is 0.821. The number of amides is 1. The van der Waals surface area contributed by atoms with Gasteiger partial charge in [0.15, 0.2) is 0 Å². The summed E-state index contributed by atoms with van der Waals surface area (Å²) in [5.41, 5.74) is 0.217. The van der Waals surface area contributed by atoms with Crippen molar-refractivity contribution in [2.75, 3.05) is 13.1 Å². The van der Waals surface area contributed by atoms with Gasteiger partial charge in [0.05, 0.1) is 18.7 Å². The van der Waals surface area contributed by atoms with E-state index in [1.54, 1.807) is 6.92 Å². The lowest BCUT2D eigenvalue weighted by molar-refractivity contribution is -0.0760. The van der Waals surface area contributed by atoms with Crippen LogP contribution >= 0.6 is 0 Å². The molecule has 1 heterocycles. The molecule has 86 valence electrons.